The molecule has 0 radical (unpaired) electrons. The third kappa shape index (κ3) is 4.19. The molecule has 118 valence electrons. The Balaban J connectivity index is 1.97. The minimum atomic E-state index is 0.148. The zero-order valence-corrected chi connectivity index (χ0v) is 14.4. The van der Waals surface area contributed by atoms with Crippen LogP contribution in [-0.2, 0) is 6.54 Å². The number of nitrogens with zero attached hydrogens (tertiary/aromatic N) is 2. The summed E-state index contributed by atoms with van der Waals surface area (Å²) in [6.07, 6.45) is 5.86. The van der Waals surface area contributed by atoms with Crippen LogP contribution in [0.25, 0.3) is 0 Å². The van der Waals surface area contributed by atoms with Crippen LogP contribution in [0.4, 0.5) is 5.82 Å². The average molecular weight is 289 g/mol. The molecule has 0 saturated carbocycles. The summed E-state index contributed by atoms with van der Waals surface area (Å²) in [5, 5.41) is 3.50. The van der Waals surface area contributed by atoms with Crippen molar-refractivity contribution in [2.45, 2.75) is 66.0 Å². The van der Waals surface area contributed by atoms with Gasteiger partial charge in [-0.1, -0.05) is 19.9 Å². The lowest BCUT2D eigenvalue weighted by Gasteiger charge is -2.26. The van der Waals surface area contributed by atoms with Crippen LogP contribution in [0.15, 0.2) is 18.3 Å². The van der Waals surface area contributed by atoms with Crippen LogP contribution >= 0.6 is 0 Å². The second-order valence-electron chi connectivity index (χ2n) is 7.51. The van der Waals surface area contributed by atoms with Gasteiger partial charge in [-0.3, -0.25) is 0 Å². The predicted octanol–water partition coefficient (Wildman–Crippen LogP) is 3.99. The molecular formula is C18H31N3. The van der Waals surface area contributed by atoms with E-state index in [1.807, 2.05) is 6.20 Å². The molecule has 1 aliphatic heterocycles. The van der Waals surface area contributed by atoms with E-state index >= 15 is 0 Å². The molecule has 0 aliphatic carbocycles. The minimum absolute atomic E-state index is 0.148. The van der Waals surface area contributed by atoms with Crippen LogP contribution < -0.4 is 10.2 Å². The van der Waals surface area contributed by atoms with E-state index in [2.05, 4.69) is 62.0 Å². The van der Waals surface area contributed by atoms with E-state index in [1.54, 1.807) is 0 Å². The van der Waals surface area contributed by atoms with Crippen LogP contribution in [0.2, 0.25) is 0 Å². The molecule has 21 heavy (non-hydrogen) atoms. The van der Waals surface area contributed by atoms with E-state index in [0.717, 1.165) is 25.5 Å². The van der Waals surface area contributed by atoms with Crippen molar-refractivity contribution in [1.29, 1.82) is 0 Å². The Labute approximate surface area is 130 Å². The molecule has 1 aliphatic rings. The Morgan fingerprint density at radius 3 is 2.43 bits per heavy atom. The first-order valence-corrected chi connectivity index (χ1v) is 8.32. The summed E-state index contributed by atoms with van der Waals surface area (Å²) in [6.45, 7) is 14.4. The molecule has 2 rings (SSSR count). The van der Waals surface area contributed by atoms with Gasteiger partial charge in [0, 0.05) is 31.4 Å². The smallest absolute Gasteiger partial charge is 0.128 e. The molecule has 0 spiro atoms. The van der Waals surface area contributed by atoms with Gasteiger partial charge >= 0.3 is 0 Å². The van der Waals surface area contributed by atoms with Crippen LogP contribution in [0.3, 0.4) is 0 Å². The standard InChI is InChI=1S/C18H31N3/c1-6-18(7-2)10-11-21(14-18)16-9-8-15(12-19-16)13-20-17(3,4)5/h8-9,12,20H,6-7,10-11,13-14H2,1-5H3. The lowest BCUT2D eigenvalue weighted by molar-refractivity contribution is 0.301. The lowest BCUT2D eigenvalue weighted by atomic mass is 9.82. The fourth-order valence-electron chi connectivity index (χ4n) is 3.03. The summed E-state index contributed by atoms with van der Waals surface area (Å²) in [7, 11) is 0. The van der Waals surface area contributed by atoms with Gasteiger partial charge < -0.3 is 10.2 Å². The van der Waals surface area contributed by atoms with Gasteiger partial charge in [0.25, 0.3) is 0 Å². The number of pyridine rings is 1. The van der Waals surface area contributed by atoms with E-state index in [0.29, 0.717) is 5.41 Å². The van der Waals surface area contributed by atoms with Crippen molar-refractivity contribution in [1.82, 2.24) is 10.3 Å². The lowest BCUT2D eigenvalue weighted by Crippen LogP contribution is -2.35. The monoisotopic (exact) mass is 289 g/mol. The Bertz CT molecular complexity index is 441. The van der Waals surface area contributed by atoms with Crippen molar-refractivity contribution in [2.75, 3.05) is 18.0 Å². The van der Waals surface area contributed by atoms with Crippen molar-refractivity contribution in [3.8, 4) is 0 Å². The quantitative estimate of drug-likeness (QED) is 0.888. The molecule has 0 bridgehead atoms. The molecule has 3 heteroatoms. The first-order valence-electron chi connectivity index (χ1n) is 8.32. The molecule has 0 unspecified atom stereocenters. The molecule has 0 atom stereocenters. The van der Waals surface area contributed by atoms with Gasteiger partial charge in [0.05, 0.1) is 0 Å². The van der Waals surface area contributed by atoms with E-state index in [1.165, 1.54) is 24.8 Å². The normalized spacial score (nSPS) is 18.2. The number of hydrogen-bond acceptors (Lipinski definition) is 3. The van der Waals surface area contributed by atoms with Crippen molar-refractivity contribution < 1.29 is 0 Å². The number of rotatable bonds is 5. The van der Waals surface area contributed by atoms with E-state index in [4.69, 9.17) is 0 Å². The fourth-order valence-corrected chi connectivity index (χ4v) is 3.03. The van der Waals surface area contributed by atoms with Gasteiger partial charge in [-0.15, -0.1) is 0 Å². The fraction of sp³-hybridized carbons (Fsp3) is 0.722. The molecule has 1 saturated heterocycles. The Morgan fingerprint density at radius 2 is 1.95 bits per heavy atom. The summed E-state index contributed by atoms with van der Waals surface area (Å²) in [4.78, 5) is 7.13. The van der Waals surface area contributed by atoms with Crippen molar-refractivity contribution in [2.24, 2.45) is 5.41 Å². The average Bonchev–Trinajstić information content (AvgIpc) is 2.90. The zero-order valence-electron chi connectivity index (χ0n) is 14.4. The summed E-state index contributed by atoms with van der Waals surface area (Å²) in [5.74, 6) is 1.14. The number of hydrogen-bond donors (Lipinski definition) is 1. The second-order valence-corrected chi connectivity index (χ2v) is 7.51. The van der Waals surface area contributed by atoms with E-state index < -0.39 is 0 Å². The predicted molar refractivity (Wildman–Crippen MR) is 90.7 cm³/mol. The molecule has 0 aromatic carbocycles. The van der Waals surface area contributed by atoms with Gasteiger partial charge in [0.2, 0.25) is 0 Å². The van der Waals surface area contributed by atoms with Crippen LogP contribution in [-0.4, -0.2) is 23.6 Å². The van der Waals surface area contributed by atoms with Gasteiger partial charge in [0.15, 0.2) is 0 Å². The van der Waals surface area contributed by atoms with Crippen LogP contribution in [0.1, 0.15) is 59.4 Å². The summed E-state index contributed by atoms with van der Waals surface area (Å²) >= 11 is 0. The van der Waals surface area contributed by atoms with Crippen LogP contribution in [0, 0.1) is 5.41 Å². The van der Waals surface area contributed by atoms with Crippen LogP contribution in [0.5, 0.6) is 0 Å². The van der Waals surface area contributed by atoms with Gasteiger partial charge in [-0.05, 0) is 57.1 Å². The summed E-state index contributed by atoms with van der Waals surface area (Å²) in [5.41, 5.74) is 1.91. The minimum Gasteiger partial charge on any atom is -0.356 e. The molecule has 2 heterocycles. The SMILES string of the molecule is CCC1(CC)CCN(c2ccc(CNC(C)(C)C)cn2)C1. The Morgan fingerprint density at radius 1 is 1.24 bits per heavy atom. The second kappa shape index (κ2) is 6.35. The molecular weight excluding hydrogens is 258 g/mol. The molecule has 1 aromatic rings. The van der Waals surface area contributed by atoms with Gasteiger partial charge in [-0.2, -0.15) is 0 Å². The molecule has 1 aromatic heterocycles. The highest BCUT2D eigenvalue weighted by molar-refractivity contribution is 5.41. The maximum absolute atomic E-state index is 4.68. The largest absolute Gasteiger partial charge is 0.356 e. The van der Waals surface area contributed by atoms with Crippen molar-refractivity contribution in [3.63, 3.8) is 0 Å². The highest BCUT2D eigenvalue weighted by Gasteiger charge is 2.35. The summed E-state index contributed by atoms with van der Waals surface area (Å²) < 4.78 is 0. The maximum Gasteiger partial charge on any atom is 0.128 e. The first-order chi connectivity index (χ1) is 9.87. The first kappa shape index (κ1) is 16.3. The highest BCUT2D eigenvalue weighted by Crippen LogP contribution is 2.38. The van der Waals surface area contributed by atoms with Gasteiger partial charge in [-0.25, -0.2) is 4.98 Å². The zero-order chi connectivity index (χ0) is 15.5. The molecule has 1 N–H and O–H groups in total. The third-order valence-electron chi connectivity index (χ3n) is 4.89. The van der Waals surface area contributed by atoms with Crippen molar-refractivity contribution in [3.05, 3.63) is 23.9 Å². The number of aromatic nitrogens is 1. The Hall–Kier alpha value is -1.09. The molecule has 0 amide bonds. The van der Waals surface area contributed by atoms with E-state index in [-0.39, 0.29) is 5.54 Å². The summed E-state index contributed by atoms with van der Waals surface area (Å²) in [6, 6.07) is 4.39. The molecule has 3 nitrogen and oxygen atoms in total. The highest BCUT2D eigenvalue weighted by atomic mass is 15.2. The van der Waals surface area contributed by atoms with Gasteiger partial charge in [0.1, 0.15) is 5.82 Å². The van der Waals surface area contributed by atoms with Crippen molar-refractivity contribution >= 4 is 5.82 Å². The third-order valence-corrected chi connectivity index (χ3v) is 4.89. The number of nitrogens with one attached hydrogen (secondary N) is 1. The van der Waals surface area contributed by atoms with E-state index in [9.17, 15) is 0 Å². The number of anilines is 1. The maximum atomic E-state index is 4.68. The topological polar surface area (TPSA) is 28.2 Å². The molecule has 1 fully saturated rings. The Kier molecular flexibility index (Phi) is 4.92.